The van der Waals surface area contributed by atoms with Crippen LogP contribution in [0.2, 0.25) is 5.15 Å². The van der Waals surface area contributed by atoms with Gasteiger partial charge in [0, 0.05) is 11.9 Å². The highest BCUT2D eigenvalue weighted by atomic mass is 35.5. The first-order valence-corrected chi connectivity index (χ1v) is 6.15. The number of rotatable bonds is 2. The third-order valence-corrected chi connectivity index (χ3v) is 3.49. The lowest BCUT2D eigenvalue weighted by molar-refractivity contribution is 0.101. The molecule has 3 heteroatoms. The minimum atomic E-state index is 0.0252. The van der Waals surface area contributed by atoms with E-state index in [1.807, 2.05) is 24.5 Å². The SMILES string of the molecule is CCn1c(Cl)c(C(C)=O)c2cc(C)cc(C)c21. The molecule has 0 aliphatic rings. The minimum absolute atomic E-state index is 0.0252. The van der Waals surface area contributed by atoms with Gasteiger partial charge in [0.25, 0.3) is 0 Å². The largest absolute Gasteiger partial charge is 0.331 e. The highest BCUT2D eigenvalue weighted by Crippen LogP contribution is 2.33. The summed E-state index contributed by atoms with van der Waals surface area (Å²) in [5.74, 6) is 0.0252. The number of nitrogens with zero attached hydrogens (tertiary/aromatic N) is 1. The first-order valence-electron chi connectivity index (χ1n) is 5.77. The smallest absolute Gasteiger partial charge is 0.163 e. The van der Waals surface area contributed by atoms with Gasteiger partial charge in [0.05, 0.1) is 11.1 Å². The van der Waals surface area contributed by atoms with Gasteiger partial charge in [0.15, 0.2) is 5.78 Å². The second kappa shape index (κ2) is 4.19. The first-order chi connectivity index (χ1) is 7.97. The zero-order chi connectivity index (χ0) is 12.7. The van der Waals surface area contributed by atoms with Gasteiger partial charge < -0.3 is 4.57 Å². The fourth-order valence-corrected chi connectivity index (χ4v) is 2.92. The van der Waals surface area contributed by atoms with Crippen molar-refractivity contribution in [3.63, 3.8) is 0 Å². The molecule has 0 radical (unpaired) electrons. The maximum Gasteiger partial charge on any atom is 0.163 e. The van der Waals surface area contributed by atoms with Crippen LogP contribution < -0.4 is 0 Å². The molecule has 0 spiro atoms. The van der Waals surface area contributed by atoms with Crippen molar-refractivity contribution in [1.82, 2.24) is 4.57 Å². The summed E-state index contributed by atoms with van der Waals surface area (Å²) in [5, 5.41) is 1.53. The van der Waals surface area contributed by atoms with Gasteiger partial charge in [-0.2, -0.15) is 0 Å². The molecular formula is C14H16ClNO. The molecule has 90 valence electrons. The molecule has 0 saturated heterocycles. The number of Topliss-reactive ketones (excluding diaryl/α,β-unsaturated/α-hetero) is 1. The van der Waals surface area contributed by atoms with E-state index in [4.69, 9.17) is 11.6 Å². The Balaban J connectivity index is 3.00. The Morgan fingerprint density at radius 1 is 1.35 bits per heavy atom. The van der Waals surface area contributed by atoms with E-state index in [0.717, 1.165) is 28.6 Å². The molecule has 1 aromatic heterocycles. The van der Waals surface area contributed by atoms with E-state index in [0.29, 0.717) is 10.7 Å². The Morgan fingerprint density at radius 3 is 2.53 bits per heavy atom. The van der Waals surface area contributed by atoms with Crippen molar-refractivity contribution in [1.29, 1.82) is 0 Å². The highest BCUT2D eigenvalue weighted by Gasteiger charge is 2.19. The fraction of sp³-hybridized carbons (Fsp3) is 0.357. The van der Waals surface area contributed by atoms with Gasteiger partial charge in [-0.25, -0.2) is 0 Å². The molecule has 0 saturated carbocycles. The minimum Gasteiger partial charge on any atom is -0.331 e. The number of fused-ring (bicyclic) bond motifs is 1. The van der Waals surface area contributed by atoms with Gasteiger partial charge in [0.2, 0.25) is 0 Å². The summed E-state index contributed by atoms with van der Waals surface area (Å²) in [6.07, 6.45) is 0. The van der Waals surface area contributed by atoms with E-state index in [-0.39, 0.29) is 5.78 Å². The average molecular weight is 250 g/mol. The molecule has 2 aromatic rings. The summed E-state index contributed by atoms with van der Waals surface area (Å²) in [6, 6.07) is 4.16. The summed E-state index contributed by atoms with van der Waals surface area (Å²) in [5.41, 5.74) is 4.04. The van der Waals surface area contributed by atoms with Crippen LogP contribution in [-0.4, -0.2) is 10.4 Å². The van der Waals surface area contributed by atoms with Crippen LogP contribution in [0, 0.1) is 13.8 Å². The fourth-order valence-electron chi connectivity index (χ4n) is 2.48. The van der Waals surface area contributed by atoms with Gasteiger partial charge in [-0.05, 0) is 39.3 Å². The van der Waals surface area contributed by atoms with Crippen LogP contribution in [-0.2, 0) is 6.54 Å². The molecule has 0 N–H and O–H groups in total. The zero-order valence-corrected chi connectivity index (χ0v) is 11.4. The summed E-state index contributed by atoms with van der Waals surface area (Å²) in [6.45, 7) is 8.47. The number of halogens is 1. The molecule has 0 amide bonds. The third kappa shape index (κ3) is 1.77. The van der Waals surface area contributed by atoms with Crippen LogP contribution in [0.15, 0.2) is 12.1 Å². The molecular weight excluding hydrogens is 234 g/mol. The Kier molecular flexibility index (Phi) is 3.00. The molecule has 0 atom stereocenters. The van der Waals surface area contributed by atoms with Crippen LogP contribution in [0.1, 0.15) is 35.3 Å². The standard InChI is InChI=1S/C14H16ClNO/c1-5-16-13-9(3)6-8(2)7-11(13)12(10(4)17)14(16)15/h6-7H,5H2,1-4H3. The van der Waals surface area contributed by atoms with Gasteiger partial charge in [0.1, 0.15) is 5.15 Å². The number of carbonyl (C=O) groups excluding carboxylic acids is 1. The molecule has 1 heterocycles. The summed E-state index contributed by atoms with van der Waals surface area (Å²) < 4.78 is 2.00. The van der Waals surface area contributed by atoms with E-state index in [2.05, 4.69) is 13.0 Å². The van der Waals surface area contributed by atoms with Crippen molar-refractivity contribution in [2.24, 2.45) is 0 Å². The normalized spacial score (nSPS) is 11.1. The zero-order valence-electron chi connectivity index (χ0n) is 10.6. The van der Waals surface area contributed by atoms with Crippen molar-refractivity contribution in [3.05, 3.63) is 34.0 Å². The summed E-state index contributed by atoms with van der Waals surface area (Å²) in [4.78, 5) is 11.7. The van der Waals surface area contributed by atoms with Gasteiger partial charge in [-0.15, -0.1) is 0 Å². The molecule has 0 bridgehead atoms. The van der Waals surface area contributed by atoms with E-state index in [1.165, 1.54) is 0 Å². The lowest BCUT2D eigenvalue weighted by Gasteiger charge is -2.06. The van der Waals surface area contributed by atoms with Crippen LogP contribution in [0.3, 0.4) is 0 Å². The van der Waals surface area contributed by atoms with Gasteiger partial charge in [-0.3, -0.25) is 4.79 Å². The molecule has 0 fully saturated rings. The lowest BCUT2D eigenvalue weighted by atomic mass is 10.0. The molecule has 2 rings (SSSR count). The predicted molar refractivity (Wildman–Crippen MR) is 72.1 cm³/mol. The number of ketones is 1. The molecule has 1 aromatic carbocycles. The highest BCUT2D eigenvalue weighted by molar-refractivity contribution is 6.35. The second-order valence-corrected chi connectivity index (χ2v) is 4.80. The Labute approximate surface area is 106 Å². The third-order valence-electron chi connectivity index (χ3n) is 3.10. The summed E-state index contributed by atoms with van der Waals surface area (Å²) in [7, 11) is 0. The van der Waals surface area contributed by atoms with Gasteiger partial charge >= 0.3 is 0 Å². The number of hydrogen-bond donors (Lipinski definition) is 0. The average Bonchev–Trinajstić information content (AvgIpc) is 2.49. The monoisotopic (exact) mass is 249 g/mol. The van der Waals surface area contributed by atoms with Crippen molar-refractivity contribution < 1.29 is 4.79 Å². The number of benzene rings is 1. The molecule has 2 nitrogen and oxygen atoms in total. The lowest BCUT2D eigenvalue weighted by Crippen LogP contribution is -1.96. The maximum absolute atomic E-state index is 11.7. The number of aryl methyl sites for hydroxylation is 3. The second-order valence-electron chi connectivity index (χ2n) is 4.44. The number of hydrogen-bond acceptors (Lipinski definition) is 1. The molecule has 17 heavy (non-hydrogen) atoms. The quantitative estimate of drug-likeness (QED) is 0.734. The Morgan fingerprint density at radius 2 is 2.00 bits per heavy atom. The molecule has 0 aliphatic carbocycles. The summed E-state index contributed by atoms with van der Waals surface area (Å²) >= 11 is 6.31. The van der Waals surface area contributed by atoms with E-state index >= 15 is 0 Å². The van der Waals surface area contributed by atoms with E-state index in [1.54, 1.807) is 6.92 Å². The van der Waals surface area contributed by atoms with Crippen molar-refractivity contribution in [2.45, 2.75) is 34.2 Å². The van der Waals surface area contributed by atoms with Crippen LogP contribution >= 0.6 is 11.6 Å². The molecule has 0 unspecified atom stereocenters. The van der Waals surface area contributed by atoms with E-state index in [9.17, 15) is 4.79 Å². The van der Waals surface area contributed by atoms with Crippen molar-refractivity contribution in [3.8, 4) is 0 Å². The van der Waals surface area contributed by atoms with Crippen molar-refractivity contribution in [2.75, 3.05) is 0 Å². The topological polar surface area (TPSA) is 22.0 Å². The first kappa shape index (κ1) is 12.2. The van der Waals surface area contributed by atoms with Crippen LogP contribution in [0.4, 0.5) is 0 Å². The van der Waals surface area contributed by atoms with Gasteiger partial charge in [-0.1, -0.05) is 23.2 Å². The van der Waals surface area contributed by atoms with Crippen molar-refractivity contribution >= 4 is 28.3 Å². The van der Waals surface area contributed by atoms with Crippen LogP contribution in [0.25, 0.3) is 10.9 Å². The maximum atomic E-state index is 11.7. The molecule has 0 aliphatic heterocycles. The van der Waals surface area contributed by atoms with E-state index < -0.39 is 0 Å². The Hall–Kier alpha value is -1.28. The Bertz CT molecular complexity index is 610. The predicted octanol–water partition coefficient (Wildman–Crippen LogP) is 4.13. The number of carbonyl (C=O) groups is 1. The van der Waals surface area contributed by atoms with Crippen LogP contribution in [0.5, 0.6) is 0 Å². The number of aromatic nitrogens is 1.